The number of nitrogens with zero attached hydrogens (tertiary/aromatic N) is 3. The number of hydrogen-bond donors (Lipinski definition) is 1. The Morgan fingerprint density at radius 3 is 2.83 bits per heavy atom. The summed E-state index contributed by atoms with van der Waals surface area (Å²) in [6, 6.07) is 0. The van der Waals surface area contributed by atoms with Gasteiger partial charge in [-0.3, -0.25) is 0 Å². The molecule has 0 saturated carbocycles. The molecule has 0 aromatic carbocycles. The van der Waals surface area contributed by atoms with Gasteiger partial charge in [-0.1, -0.05) is 12.1 Å². The van der Waals surface area contributed by atoms with Crippen LogP contribution in [0.4, 0.5) is 0 Å². The predicted octanol–water partition coefficient (Wildman–Crippen LogP) is 2.19. The van der Waals surface area contributed by atoms with E-state index in [1.807, 2.05) is 26.4 Å². The van der Waals surface area contributed by atoms with Crippen molar-refractivity contribution in [1.29, 1.82) is 0 Å². The molecule has 5 nitrogen and oxygen atoms in total. The third-order valence-electron chi connectivity index (χ3n) is 3.05. The molecule has 0 aliphatic rings. The maximum atomic E-state index is 5.14. The third kappa shape index (κ3) is 2.79. The molecule has 18 heavy (non-hydrogen) atoms. The van der Waals surface area contributed by atoms with E-state index in [0.29, 0.717) is 0 Å². The van der Waals surface area contributed by atoms with Crippen LogP contribution in [0.2, 0.25) is 0 Å². The topological polar surface area (TPSA) is 55.9 Å². The van der Waals surface area contributed by atoms with Crippen LogP contribution >= 0.6 is 0 Å². The van der Waals surface area contributed by atoms with Gasteiger partial charge in [0.25, 0.3) is 0 Å². The van der Waals surface area contributed by atoms with Crippen LogP contribution in [-0.2, 0) is 19.6 Å². The van der Waals surface area contributed by atoms with Crippen molar-refractivity contribution in [2.75, 3.05) is 0 Å². The normalized spacial score (nSPS) is 11.1. The minimum Gasteiger partial charge on any atom is -0.361 e. The van der Waals surface area contributed by atoms with Crippen molar-refractivity contribution in [1.82, 2.24) is 20.0 Å². The van der Waals surface area contributed by atoms with Crippen LogP contribution in [-0.4, -0.2) is 14.7 Å². The second-order valence-corrected chi connectivity index (χ2v) is 4.48. The minimum atomic E-state index is 0.776. The van der Waals surface area contributed by atoms with Crippen LogP contribution in [0.25, 0.3) is 0 Å². The largest absolute Gasteiger partial charge is 0.361 e. The molecule has 0 aliphatic heterocycles. The molecule has 0 unspecified atom stereocenters. The lowest BCUT2D eigenvalue weighted by atomic mass is 10.2. The number of aromatic nitrogens is 3. The first-order valence-electron chi connectivity index (χ1n) is 6.33. The molecule has 0 atom stereocenters. The maximum absolute atomic E-state index is 5.14. The molecule has 0 radical (unpaired) electrons. The molecule has 2 heterocycles. The SMILES string of the molecule is CCCn1cncc1CNCc1c(C)noc1C. The summed E-state index contributed by atoms with van der Waals surface area (Å²) in [4.78, 5) is 4.18. The fourth-order valence-electron chi connectivity index (χ4n) is 2.01. The number of aryl methyl sites for hydroxylation is 3. The molecule has 2 aromatic heterocycles. The molecule has 2 rings (SSSR count). The monoisotopic (exact) mass is 248 g/mol. The van der Waals surface area contributed by atoms with Crippen LogP contribution in [0.5, 0.6) is 0 Å². The van der Waals surface area contributed by atoms with Crippen molar-refractivity contribution in [2.45, 2.75) is 46.8 Å². The van der Waals surface area contributed by atoms with Crippen molar-refractivity contribution in [3.8, 4) is 0 Å². The average molecular weight is 248 g/mol. The molecule has 0 saturated heterocycles. The van der Waals surface area contributed by atoms with E-state index in [1.165, 1.54) is 5.69 Å². The van der Waals surface area contributed by atoms with Gasteiger partial charge in [0, 0.05) is 31.4 Å². The first-order chi connectivity index (χ1) is 8.72. The van der Waals surface area contributed by atoms with Gasteiger partial charge in [-0.25, -0.2) is 4.98 Å². The quantitative estimate of drug-likeness (QED) is 0.851. The summed E-state index contributed by atoms with van der Waals surface area (Å²) in [5.74, 6) is 0.891. The van der Waals surface area contributed by atoms with Gasteiger partial charge in [-0.2, -0.15) is 0 Å². The highest BCUT2D eigenvalue weighted by Crippen LogP contribution is 2.11. The van der Waals surface area contributed by atoms with E-state index < -0.39 is 0 Å². The molecule has 1 N–H and O–H groups in total. The van der Waals surface area contributed by atoms with E-state index in [-0.39, 0.29) is 0 Å². The molecule has 0 spiro atoms. The lowest BCUT2D eigenvalue weighted by Gasteiger charge is -2.07. The highest BCUT2D eigenvalue weighted by Gasteiger charge is 2.08. The van der Waals surface area contributed by atoms with E-state index in [0.717, 1.165) is 43.1 Å². The van der Waals surface area contributed by atoms with Gasteiger partial charge >= 0.3 is 0 Å². The van der Waals surface area contributed by atoms with E-state index in [4.69, 9.17) is 4.52 Å². The van der Waals surface area contributed by atoms with E-state index in [9.17, 15) is 0 Å². The summed E-state index contributed by atoms with van der Waals surface area (Å²) in [5, 5.41) is 7.36. The third-order valence-corrected chi connectivity index (χ3v) is 3.05. The first-order valence-corrected chi connectivity index (χ1v) is 6.33. The lowest BCUT2D eigenvalue weighted by molar-refractivity contribution is 0.391. The minimum absolute atomic E-state index is 0.776. The van der Waals surface area contributed by atoms with Crippen molar-refractivity contribution < 1.29 is 4.52 Å². The molecular weight excluding hydrogens is 228 g/mol. The summed E-state index contributed by atoms with van der Waals surface area (Å²) in [7, 11) is 0. The Kier molecular flexibility index (Phi) is 4.15. The van der Waals surface area contributed by atoms with Gasteiger partial charge in [-0.15, -0.1) is 0 Å². The van der Waals surface area contributed by atoms with E-state index in [2.05, 4.69) is 26.9 Å². The number of rotatable bonds is 6. The van der Waals surface area contributed by atoms with Gasteiger partial charge in [0.15, 0.2) is 0 Å². The predicted molar refractivity (Wildman–Crippen MR) is 69.0 cm³/mol. The Labute approximate surface area is 107 Å². The van der Waals surface area contributed by atoms with Crippen molar-refractivity contribution in [2.24, 2.45) is 0 Å². The zero-order valence-corrected chi connectivity index (χ0v) is 11.2. The summed E-state index contributed by atoms with van der Waals surface area (Å²) in [6.45, 7) is 8.68. The van der Waals surface area contributed by atoms with Crippen LogP contribution in [0.15, 0.2) is 17.0 Å². The molecular formula is C13H20N4O. The second-order valence-electron chi connectivity index (χ2n) is 4.48. The molecule has 0 amide bonds. The first kappa shape index (κ1) is 12.8. The smallest absolute Gasteiger partial charge is 0.138 e. The van der Waals surface area contributed by atoms with Gasteiger partial charge in [0.2, 0.25) is 0 Å². The molecule has 5 heteroatoms. The van der Waals surface area contributed by atoms with Crippen LogP contribution in [0.1, 0.15) is 36.1 Å². The summed E-state index contributed by atoms with van der Waals surface area (Å²) < 4.78 is 7.32. The van der Waals surface area contributed by atoms with Crippen molar-refractivity contribution in [3.63, 3.8) is 0 Å². The molecule has 0 bridgehead atoms. The fourth-order valence-corrected chi connectivity index (χ4v) is 2.01. The van der Waals surface area contributed by atoms with Crippen LogP contribution < -0.4 is 5.32 Å². The highest BCUT2D eigenvalue weighted by atomic mass is 16.5. The molecule has 0 aliphatic carbocycles. The molecule has 2 aromatic rings. The fraction of sp³-hybridized carbons (Fsp3) is 0.538. The highest BCUT2D eigenvalue weighted by molar-refractivity contribution is 5.20. The second kappa shape index (κ2) is 5.82. The van der Waals surface area contributed by atoms with Gasteiger partial charge < -0.3 is 14.4 Å². The summed E-state index contributed by atoms with van der Waals surface area (Å²) in [6.07, 6.45) is 4.92. The number of hydrogen-bond acceptors (Lipinski definition) is 4. The summed E-state index contributed by atoms with van der Waals surface area (Å²) in [5.41, 5.74) is 3.32. The van der Waals surface area contributed by atoms with E-state index >= 15 is 0 Å². The molecule has 98 valence electrons. The van der Waals surface area contributed by atoms with Crippen LogP contribution in [0, 0.1) is 13.8 Å². The van der Waals surface area contributed by atoms with Crippen molar-refractivity contribution in [3.05, 3.63) is 35.2 Å². The standard InChI is InChI=1S/C13H20N4O/c1-4-5-17-9-15-7-12(17)6-14-8-13-10(2)16-18-11(13)3/h7,9,14H,4-6,8H2,1-3H3. The van der Waals surface area contributed by atoms with Gasteiger partial charge in [-0.05, 0) is 20.3 Å². The van der Waals surface area contributed by atoms with Gasteiger partial charge in [0.1, 0.15) is 5.76 Å². The Hall–Kier alpha value is -1.62. The lowest BCUT2D eigenvalue weighted by Crippen LogP contribution is -2.16. The maximum Gasteiger partial charge on any atom is 0.138 e. The Balaban J connectivity index is 1.90. The van der Waals surface area contributed by atoms with E-state index in [1.54, 1.807) is 0 Å². The zero-order chi connectivity index (χ0) is 13.0. The Morgan fingerprint density at radius 2 is 2.17 bits per heavy atom. The number of imidazole rings is 1. The van der Waals surface area contributed by atoms with Crippen LogP contribution in [0.3, 0.4) is 0 Å². The van der Waals surface area contributed by atoms with Gasteiger partial charge in [0.05, 0.1) is 17.7 Å². The summed E-state index contributed by atoms with van der Waals surface area (Å²) >= 11 is 0. The average Bonchev–Trinajstić information content (AvgIpc) is 2.91. The zero-order valence-electron chi connectivity index (χ0n) is 11.2. The molecule has 0 fully saturated rings. The Bertz CT molecular complexity index is 481. The Morgan fingerprint density at radius 1 is 1.33 bits per heavy atom. The number of nitrogens with one attached hydrogen (secondary N) is 1. The van der Waals surface area contributed by atoms with Crippen molar-refractivity contribution >= 4 is 0 Å².